The molecule has 13 heteroatoms. The van der Waals surface area contributed by atoms with Crippen LogP contribution in [0.3, 0.4) is 0 Å². The third-order valence-electron chi connectivity index (χ3n) is 12.3. The number of nitrogens with zero attached hydrogens (tertiary/aromatic N) is 5. The number of aromatic nitrogens is 1. The first kappa shape index (κ1) is 39.1. The van der Waals surface area contributed by atoms with Crippen molar-refractivity contribution < 1.29 is 28.7 Å². The molecule has 4 heterocycles. The number of nitrogens with two attached hydrogens (primary N) is 1. The lowest BCUT2D eigenvalue weighted by Crippen LogP contribution is -2.77. The number of likely N-dealkylation sites (tertiary alicyclic amines) is 2. The minimum absolute atomic E-state index is 0.0218. The number of hydrogen-bond acceptors (Lipinski definition) is 9. The van der Waals surface area contributed by atoms with E-state index in [-0.39, 0.29) is 35.3 Å². The van der Waals surface area contributed by atoms with Crippen LogP contribution in [0.1, 0.15) is 120 Å². The number of carbonyl (C=O) groups is 5. The number of rotatable bonds is 11. The summed E-state index contributed by atoms with van der Waals surface area (Å²) in [7, 11) is 0. The SMILES string of the molecule is CC1(C)C(Oc2ccc(C#N)c(Cl)c2)C(C)(C)C1N1C(=O)CCC(N2C(=O)c3ccc(C4CCN(CCCCc5ccc(C(N)=O)cn5)CC4)cc3C2=O)C1=O. The van der Waals surface area contributed by atoms with Gasteiger partial charge >= 0.3 is 0 Å². The van der Waals surface area contributed by atoms with Crippen LogP contribution < -0.4 is 10.5 Å². The number of ether oxygens (including phenoxy) is 1. The Bertz CT molecular complexity index is 2120. The van der Waals surface area contributed by atoms with E-state index in [0.717, 1.165) is 67.9 Å². The first-order valence-corrected chi connectivity index (χ1v) is 19.7. The van der Waals surface area contributed by atoms with E-state index in [1.54, 1.807) is 30.3 Å². The molecule has 0 spiro atoms. The Morgan fingerprint density at radius 3 is 2.29 bits per heavy atom. The van der Waals surface area contributed by atoms with Crippen LogP contribution in [0.5, 0.6) is 5.75 Å². The van der Waals surface area contributed by atoms with Gasteiger partial charge in [0.1, 0.15) is 24.0 Å². The van der Waals surface area contributed by atoms with Crippen LogP contribution >= 0.6 is 11.6 Å². The molecule has 3 aliphatic heterocycles. The number of imide groups is 2. The third-order valence-corrected chi connectivity index (χ3v) is 12.6. The molecule has 12 nitrogen and oxygen atoms in total. The molecule has 292 valence electrons. The number of unbranched alkanes of at least 4 members (excludes halogenated alkanes) is 1. The van der Waals surface area contributed by atoms with Crippen LogP contribution in [0.2, 0.25) is 5.02 Å². The number of nitriles is 1. The smallest absolute Gasteiger partial charge is 0.262 e. The predicted octanol–water partition coefficient (Wildman–Crippen LogP) is 5.90. The fourth-order valence-electron chi connectivity index (χ4n) is 9.84. The molecule has 1 aliphatic carbocycles. The van der Waals surface area contributed by atoms with Gasteiger partial charge in [-0.05, 0) is 106 Å². The first-order chi connectivity index (χ1) is 26.6. The van der Waals surface area contributed by atoms with Crippen molar-refractivity contribution in [3.05, 3.63) is 93.3 Å². The summed E-state index contributed by atoms with van der Waals surface area (Å²) < 4.78 is 6.39. The number of carbonyl (C=O) groups excluding carboxylic acids is 5. The van der Waals surface area contributed by atoms with Crippen LogP contribution in [0.4, 0.5) is 0 Å². The van der Waals surface area contributed by atoms with Gasteiger partial charge in [-0.3, -0.25) is 38.8 Å². The summed E-state index contributed by atoms with van der Waals surface area (Å²) in [6.45, 7) is 10.6. The number of amides is 5. The Hall–Kier alpha value is -5.12. The summed E-state index contributed by atoms with van der Waals surface area (Å²) in [6.07, 6.45) is 5.88. The van der Waals surface area contributed by atoms with E-state index in [2.05, 4.69) is 9.88 Å². The average molecular weight is 779 g/mol. The molecule has 0 bridgehead atoms. The van der Waals surface area contributed by atoms with Gasteiger partial charge in [0, 0.05) is 35.2 Å². The largest absolute Gasteiger partial charge is 0.489 e. The second-order valence-corrected chi connectivity index (χ2v) is 17.1. The highest BCUT2D eigenvalue weighted by Gasteiger charge is 2.68. The second kappa shape index (κ2) is 15.1. The lowest BCUT2D eigenvalue weighted by atomic mass is 9.48. The van der Waals surface area contributed by atoms with E-state index in [1.807, 2.05) is 52.0 Å². The zero-order valence-electron chi connectivity index (χ0n) is 32.2. The highest BCUT2D eigenvalue weighted by atomic mass is 35.5. The Kier molecular flexibility index (Phi) is 10.5. The van der Waals surface area contributed by atoms with Crippen molar-refractivity contribution in [3.63, 3.8) is 0 Å². The standard InChI is InChI=1S/C43H47ClN6O6/c1-42(2)40(43(3,4)41(42)56-30-12-9-27(23-45)33(44)22-30)50-35(51)15-14-34(39(50)55)49-37(53)31-13-10-26(21-32(31)38(49)54)25-16-19-48(20-17-25)18-6-5-7-29-11-8-28(24-47-29)36(46)52/h8-13,21-22,24-25,34,40-41H,5-7,14-20H2,1-4H3,(H2,46,52). The molecule has 1 aromatic heterocycles. The number of piperidine rings is 2. The van der Waals surface area contributed by atoms with Crippen molar-refractivity contribution in [1.82, 2.24) is 19.7 Å². The van der Waals surface area contributed by atoms with Gasteiger partial charge in [-0.2, -0.15) is 5.26 Å². The molecule has 0 radical (unpaired) electrons. The molecule has 56 heavy (non-hydrogen) atoms. The predicted molar refractivity (Wildman–Crippen MR) is 208 cm³/mol. The van der Waals surface area contributed by atoms with Crippen LogP contribution in [0.25, 0.3) is 0 Å². The Morgan fingerprint density at radius 1 is 0.929 bits per heavy atom. The van der Waals surface area contributed by atoms with Gasteiger partial charge in [-0.25, -0.2) is 0 Å². The summed E-state index contributed by atoms with van der Waals surface area (Å²) in [6, 6.07) is 14.3. The maximum Gasteiger partial charge on any atom is 0.262 e. The maximum absolute atomic E-state index is 14.3. The van der Waals surface area contributed by atoms with E-state index in [0.29, 0.717) is 22.4 Å². The second-order valence-electron chi connectivity index (χ2n) is 16.7. The van der Waals surface area contributed by atoms with Gasteiger partial charge in [-0.1, -0.05) is 45.4 Å². The summed E-state index contributed by atoms with van der Waals surface area (Å²) in [5.41, 5.74) is 7.20. The molecular formula is C43H47ClN6O6. The van der Waals surface area contributed by atoms with Crippen molar-refractivity contribution in [3.8, 4) is 11.8 Å². The summed E-state index contributed by atoms with van der Waals surface area (Å²) in [4.78, 5) is 76.2. The van der Waals surface area contributed by atoms with Gasteiger partial charge in [0.2, 0.25) is 11.8 Å². The molecule has 1 unspecified atom stereocenters. The van der Waals surface area contributed by atoms with Crippen LogP contribution in [0.15, 0.2) is 54.7 Å². The number of fused-ring (bicyclic) bond motifs is 1. The molecule has 5 amide bonds. The quantitative estimate of drug-likeness (QED) is 0.184. The van der Waals surface area contributed by atoms with E-state index in [4.69, 9.17) is 22.1 Å². The van der Waals surface area contributed by atoms with Crippen molar-refractivity contribution in [2.45, 2.75) is 96.7 Å². The Labute approximate surface area is 331 Å². The summed E-state index contributed by atoms with van der Waals surface area (Å²) >= 11 is 6.27. The van der Waals surface area contributed by atoms with E-state index >= 15 is 0 Å². The zero-order valence-corrected chi connectivity index (χ0v) is 33.0. The van der Waals surface area contributed by atoms with E-state index < -0.39 is 52.6 Å². The number of halogens is 1. The lowest BCUT2D eigenvalue weighted by Gasteiger charge is -2.65. The van der Waals surface area contributed by atoms with Gasteiger partial charge in [0.25, 0.3) is 17.7 Å². The van der Waals surface area contributed by atoms with Gasteiger partial charge in [0.15, 0.2) is 0 Å². The fourth-order valence-corrected chi connectivity index (χ4v) is 10.0. The zero-order chi connectivity index (χ0) is 40.1. The van der Waals surface area contributed by atoms with Crippen LogP contribution in [0, 0.1) is 22.2 Å². The average Bonchev–Trinajstić information content (AvgIpc) is 3.42. The van der Waals surface area contributed by atoms with Crippen molar-refractivity contribution >= 4 is 41.1 Å². The molecule has 3 aromatic rings. The molecule has 1 saturated carbocycles. The highest BCUT2D eigenvalue weighted by Crippen LogP contribution is 2.58. The molecular weight excluding hydrogens is 732 g/mol. The maximum atomic E-state index is 14.3. The first-order valence-electron chi connectivity index (χ1n) is 19.3. The van der Waals surface area contributed by atoms with Crippen molar-refractivity contribution in [2.75, 3.05) is 19.6 Å². The number of aryl methyl sites for hydroxylation is 1. The highest BCUT2D eigenvalue weighted by molar-refractivity contribution is 6.31. The molecule has 4 aliphatic rings. The molecule has 3 fully saturated rings. The van der Waals surface area contributed by atoms with Gasteiger partial charge in [-0.15, -0.1) is 0 Å². The number of primary amides is 1. The van der Waals surface area contributed by atoms with Crippen molar-refractivity contribution in [2.24, 2.45) is 16.6 Å². The Balaban J connectivity index is 0.973. The molecule has 2 N–H and O–H groups in total. The molecule has 2 saturated heterocycles. The number of benzene rings is 2. The Morgan fingerprint density at radius 2 is 1.64 bits per heavy atom. The fraction of sp³-hybridized carbons (Fsp3) is 0.465. The van der Waals surface area contributed by atoms with Crippen LogP contribution in [-0.4, -0.2) is 87.0 Å². The summed E-state index contributed by atoms with van der Waals surface area (Å²) in [5, 5.41) is 9.53. The third kappa shape index (κ3) is 6.96. The van der Waals surface area contributed by atoms with E-state index in [9.17, 15) is 29.2 Å². The number of hydrogen-bond donors (Lipinski definition) is 1. The normalized spacial score (nSPS) is 23.5. The molecule has 2 aromatic carbocycles. The van der Waals surface area contributed by atoms with E-state index in [1.165, 1.54) is 11.1 Å². The molecule has 7 rings (SSSR count). The minimum Gasteiger partial charge on any atom is -0.489 e. The topological polar surface area (TPSA) is 167 Å². The minimum atomic E-state index is -1.10. The number of pyridine rings is 1. The molecule has 1 atom stereocenters. The van der Waals surface area contributed by atoms with Gasteiger partial charge in [0.05, 0.1) is 33.3 Å². The van der Waals surface area contributed by atoms with Crippen LogP contribution in [-0.2, 0) is 16.0 Å². The van der Waals surface area contributed by atoms with Gasteiger partial charge < -0.3 is 15.4 Å². The summed E-state index contributed by atoms with van der Waals surface area (Å²) in [5.74, 6) is -1.66. The monoisotopic (exact) mass is 778 g/mol. The van der Waals surface area contributed by atoms with Crippen molar-refractivity contribution in [1.29, 1.82) is 5.26 Å². The lowest BCUT2D eigenvalue weighted by molar-refractivity contribution is -0.216.